The summed E-state index contributed by atoms with van der Waals surface area (Å²) in [4.78, 5) is 11.7. The molecule has 0 saturated heterocycles. The molecule has 0 bridgehead atoms. The van der Waals surface area contributed by atoms with Gasteiger partial charge in [0, 0.05) is 6.42 Å². The molecule has 0 aliphatic carbocycles. The zero-order valence-electron chi connectivity index (χ0n) is 11.4. The molecule has 0 aromatic heterocycles. The maximum absolute atomic E-state index is 11.7. The number of anilines is 1. The molecule has 100 valence electrons. The second kappa shape index (κ2) is 8.56. The number of ether oxygens (including phenoxy) is 1. The molecule has 1 rings (SSSR count). The summed E-state index contributed by atoms with van der Waals surface area (Å²) in [6.45, 7) is 4.86. The van der Waals surface area contributed by atoms with E-state index in [0.717, 1.165) is 37.1 Å². The Morgan fingerprint density at radius 3 is 2.67 bits per heavy atom. The average Bonchev–Trinajstić information content (AvgIpc) is 2.38. The Hall–Kier alpha value is -1.51. The molecule has 3 heteroatoms. The average molecular weight is 249 g/mol. The molecule has 0 aliphatic rings. The molecule has 0 saturated carbocycles. The quantitative estimate of drug-likeness (QED) is 0.707. The minimum atomic E-state index is 0.0657. The summed E-state index contributed by atoms with van der Waals surface area (Å²) in [7, 11) is 0. The third-order valence-corrected chi connectivity index (χ3v) is 2.63. The van der Waals surface area contributed by atoms with Crippen molar-refractivity contribution >= 4 is 11.6 Å². The summed E-state index contributed by atoms with van der Waals surface area (Å²) in [6, 6.07) is 7.58. The van der Waals surface area contributed by atoms with Crippen molar-refractivity contribution < 1.29 is 9.53 Å². The smallest absolute Gasteiger partial charge is 0.224 e. The molecular weight excluding hydrogens is 226 g/mol. The predicted molar refractivity (Wildman–Crippen MR) is 75.0 cm³/mol. The number of benzene rings is 1. The summed E-state index contributed by atoms with van der Waals surface area (Å²) in [5.74, 6) is 0.819. The fourth-order valence-electron chi connectivity index (χ4n) is 1.66. The largest absolute Gasteiger partial charge is 0.491 e. The third-order valence-electron chi connectivity index (χ3n) is 2.63. The van der Waals surface area contributed by atoms with Crippen molar-refractivity contribution in [1.29, 1.82) is 0 Å². The Labute approximate surface area is 110 Å². The van der Waals surface area contributed by atoms with Gasteiger partial charge in [0.1, 0.15) is 5.75 Å². The van der Waals surface area contributed by atoms with Gasteiger partial charge < -0.3 is 10.1 Å². The van der Waals surface area contributed by atoms with Gasteiger partial charge in [0.15, 0.2) is 0 Å². The van der Waals surface area contributed by atoms with Gasteiger partial charge in [-0.25, -0.2) is 0 Å². The van der Waals surface area contributed by atoms with E-state index < -0.39 is 0 Å². The van der Waals surface area contributed by atoms with Crippen molar-refractivity contribution in [2.45, 2.75) is 46.0 Å². The summed E-state index contributed by atoms with van der Waals surface area (Å²) in [5, 5.41) is 2.91. The zero-order valence-corrected chi connectivity index (χ0v) is 11.4. The van der Waals surface area contributed by atoms with E-state index in [4.69, 9.17) is 4.74 Å². The molecule has 0 atom stereocenters. The van der Waals surface area contributed by atoms with Crippen LogP contribution >= 0.6 is 0 Å². The third kappa shape index (κ3) is 5.21. The van der Waals surface area contributed by atoms with E-state index in [1.807, 2.05) is 24.3 Å². The van der Waals surface area contributed by atoms with E-state index in [9.17, 15) is 4.79 Å². The number of carbonyl (C=O) groups excluding carboxylic acids is 1. The number of hydrogen-bond donors (Lipinski definition) is 1. The molecular formula is C15H23NO2. The monoisotopic (exact) mass is 249 g/mol. The Balaban J connectivity index is 2.51. The van der Waals surface area contributed by atoms with Crippen molar-refractivity contribution in [2.24, 2.45) is 0 Å². The maximum Gasteiger partial charge on any atom is 0.224 e. The van der Waals surface area contributed by atoms with Crippen LogP contribution in [0, 0.1) is 0 Å². The van der Waals surface area contributed by atoms with E-state index in [2.05, 4.69) is 19.2 Å². The minimum Gasteiger partial charge on any atom is -0.491 e. The van der Waals surface area contributed by atoms with Crippen molar-refractivity contribution in [3.8, 4) is 5.75 Å². The van der Waals surface area contributed by atoms with Crippen LogP contribution in [0.25, 0.3) is 0 Å². The molecule has 0 heterocycles. The van der Waals surface area contributed by atoms with Gasteiger partial charge in [0.05, 0.1) is 12.3 Å². The van der Waals surface area contributed by atoms with Gasteiger partial charge in [-0.05, 0) is 25.0 Å². The Morgan fingerprint density at radius 2 is 1.94 bits per heavy atom. The van der Waals surface area contributed by atoms with Gasteiger partial charge in [0.25, 0.3) is 0 Å². The number of carbonyl (C=O) groups is 1. The van der Waals surface area contributed by atoms with Gasteiger partial charge >= 0.3 is 0 Å². The molecule has 3 nitrogen and oxygen atoms in total. The normalized spacial score (nSPS) is 10.1. The number of rotatable bonds is 8. The molecule has 1 aromatic carbocycles. The van der Waals surface area contributed by atoms with Gasteiger partial charge in [-0.3, -0.25) is 4.79 Å². The van der Waals surface area contributed by atoms with Gasteiger partial charge in [-0.1, -0.05) is 38.8 Å². The SMILES string of the molecule is CCCCCC(=O)Nc1ccccc1OCCC. The molecule has 0 fully saturated rings. The van der Waals surface area contributed by atoms with Crippen LogP contribution in [0.1, 0.15) is 46.0 Å². The Bertz CT molecular complexity index is 363. The first kappa shape index (κ1) is 14.6. The van der Waals surface area contributed by atoms with Crippen LogP contribution in [0.15, 0.2) is 24.3 Å². The van der Waals surface area contributed by atoms with Gasteiger partial charge in [0.2, 0.25) is 5.91 Å². The van der Waals surface area contributed by atoms with E-state index in [-0.39, 0.29) is 5.91 Å². The number of nitrogens with one attached hydrogen (secondary N) is 1. The number of unbranched alkanes of at least 4 members (excludes halogenated alkanes) is 2. The van der Waals surface area contributed by atoms with Crippen LogP contribution in [0.5, 0.6) is 5.75 Å². The van der Waals surface area contributed by atoms with E-state index in [1.165, 1.54) is 0 Å². The first-order valence-electron chi connectivity index (χ1n) is 6.79. The fourth-order valence-corrected chi connectivity index (χ4v) is 1.66. The van der Waals surface area contributed by atoms with E-state index in [0.29, 0.717) is 13.0 Å². The number of para-hydroxylation sites is 2. The lowest BCUT2D eigenvalue weighted by atomic mass is 10.2. The van der Waals surface area contributed by atoms with Gasteiger partial charge in [-0.15, -0.1) is 0 Å². The summed E-state index contributed by atoms with van der Waals surface area (Å²) in [6.07, 6.45) is 4.71. The topological polar surface area (TPSA) is 38.3 Å². The Kier molecular flexibility index (Phi) is 6.92. The van der Waals surface area contributed by atoms with Crippen molar-refractivity contribution in [3.05, 3.63) is 24.3 Å². The number of amides is 1. The number of hydrogen-bond acceptors (Lipinski definition) is 2. The second-order valence-corrected chi connectivity index (χ2v) is 4.35. The standard InChI is InChI=1S/C15H23NO2/c1-3-5-6-11-15(17)16-13-9-7-8-10-14(13)18-12-4-2/h7-10H,3-6,11-12H2,1-2H3,(H,16,17). The minimum absolute atomic E-state index is 0.0657. The van der Waals surface area contributed by atoms with Crippen molar-refractivity contribution in [2.75, 3.05) is 11.9 Å². The molecule has 0 spiro atoms. The highest BCUT2D eigenvalue weighted by molar-refractivity contribution is 5.92. The highest BCUT2D eigenvalue weighted by atomic mass is 16.5. The molecule has 18 heavy (non-hydrogen) atoms. The highest BCUT2D eigenvalue weighted by Crippen LogP contribution is 2.24. The molecule has 1 N–H and O–H groups in total. The zero-order chi connectivity index (χ0) is 13.2. The summed E-state index contributed by atoms with van der Waals surface area (Å²) < 4.78 is 5.60. The maximum atomic E-state index is 11.7. The molecule has 1 aromatic rings. The van der Waals surface area contributed by atoms with Crippen LogP contribution in [0.4, 0.5) is 5.69 Å². The van der Waals surface area contributed by atoms with Crippen LogP contribution < -0.4 is 10.1 Å². The fraction of sp³-hybridized carbons (Fsp3) is 0.533. The van der Waals surface area contributed by atoms with E-state index in [1.54, 1.807) is 0 Å². The van der Waals surface area contributed by atoms with Crippen LogP contribution in [-0.4, -0.2) is 12.5 Å². The molecule has 0 aliphatic heterocycles. The predicted octanol–water partition coefficient (Wildman–Crippen LogP) is 3.99. The molecule has 0 unspecified atom stereocenters. The Morgan fingerprint density at radius 1 is 1.17 bits per heavy atom. The second-order valence-electron chi connectivity index (χ2n) is 4.35. The van der Waals surface area contributed by atoms with E-state index >= 15 is 0 Å². The van der Waals surface area contributed by atoms with Crippen LogP contribution in [0.2, 0.25) is 0 Å². The summed E-state index contributed by atoms with van der Waals surface area (Å²) in [5.41, 5.74) is 0.771. The van der Waals surface area contributed by atoms with Crippen LogP contribution in [0.3, 0.4) is 0 Å². The lowest BCUT2D eigenvalue weighted by molar-refractivity contribution is -0.116. The first-order chi connectivity index (χ1) is 8.77. The van der Waals surface area contributed by atoms with Crippen molar-refractivity contribution in [1.82, 2.24) is 0 Å². The lowest BCUT2D eigenvalue weighted by Crippen LogP contribution is -2.12. The van der Waals surface area contributed by atoms with Crippen LogP contribution in [-0.2, 0) is 4.79 Å². The van der Waals surface area contributed by atoms with Gasteiger partial charge in [-0.2, -0.15) is 0 Å². The first-order valence-corrected chi connectivity index (χ1v) is 6.79. The molecule has 0 radical (unpaired) electrons. The highest BCUT2D eigenvalue weighted by Gasteiger charge is 2.06. The summed E-state index contributed by atoms with van der Waals surface area (Å²) >= 11 is 0. The van der Waals surface area contributed by atoms with Crippen molar-refractivity contribution in [3.63, 3.8) is 0 Å². The lowest BCUT2D eigenvalue weighted by Gasteiger charge is -2.11. The molecule has 1 amide bonds.